The normalized spacial score (nSPS) is 0. The van der Waals surface area contributed by atoms with Gasteiger partial charge < -0.3 is 11.0 Å². The third kappa shape index (κ3) is 9.30. The van der Waals surface area contributed by atoms with Crippen molar-refractivity contribution in [1.82, 2.24) is 0 Å². The summed E-state index contributed by atoms with van der Waals surface area (Å²) in [6, 6.07) is 0. The van der Waals surface area contributed by atoms with Gasteiger partial charge in [0.25, 0.3) is 0 Å². The molecular weight excluding hydrogens is 221 g/mol. The summed E-state index contributed by atoms with van der Waals surface area (Å²) in [5.74, 6) is 0. The zero-order valence-corrected chi connectivity index (χ0v) is 3.35. The van der Waals surface area contributed by atoms with Gasteiger partial charge >= 0.3 is 0 Å². The van der Waals surface area contributed by atoms with Crippen LogP contribution in [-0.2, 0) is 0 Å². The van der Waals surface area contributed by atoms with Gasteiger partial charge in [-0.25, -0.2) is 0 Å². The fourth-order valence-electron chi connectivity index (χ4n) is 0. The third-order valence-corrected chi connectivity index (χ3v) is 0. The summed E-state index contributed by atoms with van der Waals surface area (Å²) < 4.78 is 0. The van der Waals surface area contributed by atoms with Crippen LogP contribution in [0.3, 0.4) is 0 Å². The Morgan fingerprint density at radius 3 is 0.750 bits per heavy atom. The van der Waals surface area contributed by atoms with Crippen LogP contribution in [0.4, 0.5) is 0 Å². The summed E-state index contributed by atoms with van der Waals surface area (Å²) >= 11 is 0. The maximum absolute atomic E-state index is 0. The second-order valence-corrected chi connectivity index (χ2v) is 0. The number of rotatable bonds is 0. The number of hydrogen-bond donors (Lipinski definition) is 0. The van der Waals surface area contributed by atoms with Gasteiger partial charge in [-0.15, -0.1) is 0 Å². The first-order chi connectivity index (χ1) is 0. The first-order valence-corrected chi connectivity index (χ1v) is 0. The molecule has 0 aromatic carbocycles. The van der Waals surface area contributed by atoms with Crippen molar-refractivity contribution in [3.05, 3.63) is 0 Å². The minimum atomic E-state index is 0. The van der Waals surface area contributed by atoms with Crippen LogP contribution in [-0.4, -0.2) is 28.3 Å². The molecule has 4 heteroatoms. The Bertz CT molecular complexity index is 6.00. The molecule has 0 saturated heterocycles. The Balaban J connectivity index is 0. The van der Waals surface area contributed by atoms with Gasteiger partial charge in [0.1, 0.15) is 0 Å². The van der Waals surface area contributed by atoms with Gasteiger partial charge in [-0.1, -0.05) is 0 Å². The van der Waals surface area contributed by atoms with Crippen LogP contribution < -0.4 is 0 Å². The predicted molar refractivity (Wildman–Crippen MR) is 17.2 cm³/mol. The van der Waals surface area contributed by atoms with Crippen LogP contribution in [0, 0.1) is 38.2 Å². The molecule has 0 radical (unpaired) electrons. The summed E-state index contributed by atoms with van der Waals surface area (Å²) in [5, 5.41) is 0. The molecule has 4 heavy (non-hydrogen) atoms. The molecule has 0 spiro atoms. The molecule has 0 aliphatic heterocycles. The van der Waals surface area contributed by atoms with E-state index < -0.39 is 0 Å². The van der Waals surface area contributed by atoms with Gasteiger partial charge in [0.05, 0.1) is 0 Å². The second kappa shape index (κ2) is 22.0. The topological polar surface area (TPSA) is 63.0 Å². The molecule has 0 bridgehead atoms. The third-order valence-electron chi connectivity index (χ3n) is 0. The van der Waals surface area contributed by atoms with E-state index in [1.807, 2.05) is 0 Å². The molecule has 0 aromatic heterocycles. The zero-order chi connectivity index (χ0) is 0. The van der Waals surface area contributed by atoms with Crippen molar-refractivity contribution in [3.63, 3.8) is 0 Å². The maximum Gasteiger partial charge on any atom is 0.187 e. The zero-order valence-electron chi connectivity index (χ0n) is 1.32. The van der Waals surface area contributed by atoms with Gasteiger partial charge in [0.15, 0.2) is 17.4 Å². The largest absolute Gasteiger partial charge is 0.412 e. The Morgan fingerprint density at radius 2 is 0.750 bits per heavy atom. The predicted octanol–water partition coefficient (Wildman–Crippen LogP) is -2.83. The molecule has 0 heterocycles. The van der Waals surface area contributed by atoms with E-state index in [0.717, 1.165) is 0 Å². The van der Waals surface area contributed by atoms with Crippen LogP contribution in [0.5, 0.6) is 0 Å². The molecule has 0 aromatic rings. The van der Waals surface area contributed by atoms with Crippen LogP contribution in [0.1, 0.15) is 0 Å². The summed E-state index contributed by atoms with van der Waals surface area (Å²) in [6.45, 7) is 0. The molecule has 0 saturated carbocycles. The van der Waals surface area contributed by atoms with Gasteiger partial charge in [0.2, 0.25) is 0 Å². The van der Waals surface area contributed by atoms with E-state index in [2.05, 4.69) is 0 Å². The Labute approximate surface area is 65.7 Å². The van der Waals surface area contributed by atoms with Crippen LogP contribution in [0.15, 0.2) is 0 Å². The summed E-state index contributed by atoms with van der Waals surface area (Å²) in [6.07, 6.45) is 0. The van der Waals surface area contributed by atoms with Crippen LogP contribution >= 0.6 is 0 Å². The second-order valence-electron chi connectivity index (χ2n) is 0. The monoisotopic (exact) mass is 230 g/mol. The fourth-order valence-corrected chi connectivity index (χ4v) is 0. The Hall–Kier alpha value is 1.73. The molecule has 0 unspecified atom stereocenters. The first kappa shape index (κ1) is 42.9. The van der Waals surface area contributed by atoms with Crippen molar-refractivity contribution in [2.75, 3.05) is 0 Å². The van der Waals surface area contributed by atoms with Gasteiger partial charge in [-0.05, 0) is 0 Å². The Morgan fingerprint density at radius 1 is 0.750 bits per heavy atom. The van der Waals surface area contributed by atoms with Crippen molar-refractivity contribution >= 4 is 17.4 Å². The molecule has 0 rings (SSSR count). The minimum Gasteiger partial charge on any atom is -0.412 e. The molecule has 0 fully saturated rings. The Kier molecular flexibility index (Phi) is 237. The van der Waals surface area contributed by atoms with Crippen LogP contribution in [0.2, 0.25) is 0 Å². The van der Waals surface area contributed by atoms with E-state index in [9.17, 15) is 0 Å². The molecule has 0 atom stereocenters. The van der Waals surface area contributed by atoms with E-state index in [1.54, 1.807) is 0 Å². The van der Waals surface area contributed by atoms with Gasteiger partial charge in [0, 0.05) is 38.2 Å². The van der Waals surface area contributed by atoms with E-state index in [-0.39, 0.29) is 66.5 Å². The smallest absolute Gasteiger partial charge is 0.187 e. The molecule has 0 aliphatic rings. The summed E-state index contributed by atoms with van der Waals surface area (Å²) in [4.78, 5) is 0. The molecule has 0 amide bonds. The minimum absolute atomic E-state index is 0. The number of hydrogen-bond acceptors (Lipinski definition) is 0. The van der Waals surface area contributed by atoms with E-state index >= 15 is 0 Å². The van der Waals surface area contributed by atoms with Crippen molar-refractivity contribution in [1.29, 1.82) is 0 Å². The van der Waals surface area contributed by atoms with E-state index in [4.69, 9.17) is 0 Å². The van der Waals surface area contributed by atoms with Gasteiger partial charge in [-0.3, -0.25) is 0 Å². The molecule has 2 nitrogen and oxygen atoms in total. The first-order valence-electron chi connectivity index (χ1n) is 0. The maximum atomic E-state index is 0. The average Bonchev–Trinajstić information content (AvgIpc) is 0. The van der Waals surface area contributed by atoms with Crippen molar-refractivity contribution in [2.24, 2.45) is 0 Å². The quantitative estimate of drug-likeness (QED) is 0.401. The van der Waals surface area contributed by atoms with Crippen molar-refractivity contribution < 1.29 is 49.1 Å². The SMILES string of the molecule is O.O.[AlH3].[Dy]. The fraction of sp³-hybridized carbons (Fsp3) is 0. The summed E-state index contributed by atoms with van der Waals surface area (Å²) in [5.41, 5.74) is 0. The summed E-state index contributed by atoms with van der Waals surface area (Å²) in [7, 11) is 0. The van der Waals surface area contributed by atoms with E-state index in [0.29, 0.717) is 0 Å². The average molecular weight is 229 g/mol. The standard InChI is InChI=1S/Al.Dy.2H2O.3H/h;;2*1H2;;;. The van der Waals surface area contributed by atoms with E-state index in [1.165, 1.54) is 0 Å². The van der Waals surface area contributed by atoms with Crippen molar-refractivity contribution in [3.8, 4) is 0 Å². The molecule has 4 N–H and O–H groups in total. The molecular formula is H7AlDyO2. The molecule has 32 valence electrons. The van der Waals surface area contributed by atoms with Crippen molar-refractivity contribution in [2.45, 2.75) is 0 Å². The van der Waals surface area contributed by atoms with Crippen LogP contribution in [0.25, 0.3) is 0 Å². The van der Waals surface area contributed by atoms with Gasteiger partial charge in [-0.2, -0.15) is 0 Å². The molecule has 0 aliphatic carbocycles.